The average molecular weight is 433 g/mol. The molecule has 30 heavy (non-hydrogen) atoms. The van der Waals surface area contributed by atoms with E-state index in [0.29, 0.717) is 36.6 Å². The van der Waals surface area contributed by atoms with E-state index in [1.54, 1.807) is 15.9 Å². The summed E-state index contributed by atoms with van der Waals surface area (Å²) in [6.07, 6.45) is 3.67. The summed E-state index contributed by atoms with van der Waals surface area (Å²) in [5.74, 6) is -0.164. The van der Waals surface area contributed by atoms with E-state index in [0.717, 1.165) is 45.5 Å². The van der Waals surface area contributed by atoms with Crippen LogP contribution in [0, 0.1) is 0 Å². The van der Waals surface area contributed by atoms with Gasteiger partial charge < -0.3 is 18.8 Å². The summed E-state index contributed by atoms with van der Waals surface area (Å²) in [6.45, 7) is 3.94. The lowest BCUT2D eigenvalue weighted by atomic mass is 10.1. The van der Waals surface area contributed by atoms with E-state index in [1.165, 1.54) is 18.7 Å². The van der Waals surface area contributed by atoms with Crippen molar-refractivity contribution in [1.82, 2.24) is 9.47 Å². The number of esters is 1. The van der Waals surface area contributed by atoms with Gasteiger partial charge in [0.05, 0.1) is 13.2 Å². The maximum Gasteiger partial charge on any atom is 0.343 e. The fourth-order valence-corrected chi connectivity index (χ4v) is 4.81. The van der Waals surface area contributed by atoms with E-state index in [4.69, 9.17) is 14.2 Å². The Morgan fingerprint density at radius 3 is 2.93 bits per heavy atom. The molecule has 2 aliphatic heterocycles. The van der Waals surface area contributed by atoms with Gasteiger partial charge >= 0.3 is 5.97 Å². The first kappa shape index (κ1) is 21.1. The lowest BCUT2D eigenvalue weighted by molar-refractivity contribution is -0.0114. The van der Waals surface area contributed by atoms with E-state index in [9.17, 15) is 9.59 Å². The predicted octanol–water partition coefficient (Wildman–Crippen LogP) is 2.70. The Kier molecular flexibility index (Phi) is 6.86. The number of hydrogen-bond acceptors (Lipinski definition) is 7. The van der Waals surface area contributed by atoms with Crippen LogP contribution in [-0.4, -0.2) is 55.0 Å². The number of carbonyl (C=O) groups is 1. The monoisotopic (exact) mass is 432 g/mol. The highest BCUT2D eigenvalue weighted by molar-refractivity contribution is 7.07. The van der Waals surface area contributed by atoms with Crippen molar-refractivity contribution in [3.8, 4) is 5.75 Å². The SMILES string of the molecule is COC(=O)c1c(OCC2CCCCO2)cc(=O)n2c1CCN(Cc1ccsc1)CC2. The minimum atomic E-state index is -0.468. The molecule has 8 heteroatoms. The van der Waals surface area contributed by atoms with Gasteiger partial charge in [-0.15, -0.1) is 0 Å². The van der Waals surface area contributed by atoms with Gasteiger partial charge in [0.1, 0.15) is 17.9 Å². The summed E-state index contributed by atoms with van der Waals surface area (Å²) in [5, 5.41) is 4.21. The molecule has 2 aliphatic rings. The van der Waals surface area contributed by atoms with E-state index in [-0.39, 0.29) is 11.7 Å². The topological polar surface area (TPSA) is 70.0 Å². The Hall–Kier alpha value is -2.16. The molecule has 0 aliphatic carbocycles. The molecule has 2 aromatic rings. The number of aromatic nitrogens is 1. The van der Waals surface area contributed by atoms with Crippen molar-refractivity contribution in [2.75, 3.05) is 33.4 Å². The van der Waals surface area contributed by atoms with Gasteiger partial charge in [0.25, 0.3) is 5.56 Å². The average Bonchev–Trinajstić information content (AvgIpc) is 3.19. The molecule has 1 unspecified atom stereocenters. The van der Waals surface area contributed by atoms with Crippen molar-refractivity contribution in [2.24, 2.45) is 0 Å². The van der Waals surface area contributed by atoms with E-state index < -0.39 is 5.97 Å². The molecular formula is C22H28N2O5S. The molecule has 1 atom stereocenters. The second-order valence-electron chi connectivity index (χ2n) is 7.77. The maximum atomic E-state index is 12.9. The zero-order valence-corrected chi connectivity index (χ0v) is 18.1. The first-order valence-electron chi connectivity index (χ1n) is 10.5. The van der Waals surface area contributed by atoms with E-state index in [1.807, 2.05) is 0 Å². The number of pyridine rings is 1. The maximum absolute atomic E-state index is 12.9. The van der Waals surface area contributed by atoms with Crippen LogP contribution in [0.4, 0.5) is 0 Å². The Labute approximate surface area is 180 Å². The highest BCUT2D eigenvalue weighted by atomic mass is 32.1. The second kappa shape index (κ2) is 9.76. The molecular weight excluding hydrogens is 404 g/mol. The first-order chi connectivity index (χ1) is 14.7. The third-order valence-corrected chi connectivity index (χ3v) is 6.49. The fourth-order valence-electron chi connectivity index (χ4n) is 4.15. The number of thiophene rings is 1. The quantitative estimate of drug-likeness (QED) is 0.654. The van der Waals surface area contributed by atoms with Gasteiger partial charge in [-0.1, -0.05) is 0 Å². The van der Waals surface area contributed by atoms with Crippen molar-refractivity contribution in [1.29, 1.82) is 0 Å². The largest absolute Gasteiger partial charge is 0.490 e. The summed E-state index contributed by atoms with van der Waals surface area (Å²) in [7, 11) is 1.36. The van der Waals surface area contributed by atoms with Crippen LogP contribution in [0.25, 0.3) is 0 Å². The van der Waals surface area contributed by atoms with Crippen LogP contribution in [0.3, 0.4) is 0 Å². The summed E-state index contributed by atoms with van der Waals surface area (Å²) in [4.78, 5) is 27.8. The second-order valence-corrected chi connectivity index (χ2v) is 8.55. The lowest BCUT2D eigenvalue weighted by Crippen LogP contribution is -2.30. The van der Waals surface area contributed by atoms with Crippen LogP contribution < -0.4 is 10.3 Å². The van der Waals surface area contributed by atoms with Crippen LogP contribution in [0.1, 0.15) is 40.9 Å². The van der Waals surface area contributed by atoms with Crippen LogP contribution in [0.15, 0.2) is 27.7 Å². The smallest absolute Gasteiger partial charge is 0.343 e. The van der Waals surface area contributed by atoms with Gasteiger partial charge in [-0.05, 0) is 41.7 Å². The highest BCUT2D eigenvalue weighted by Crippen LogP contribution is 2.25. The summed E-state index contributed by atoms with van der Waals surface area (Å²) in [5.41, 5.74) is 2.18. The predicted molar refractivity (Wildman–Crippen MR) is 114 cm³/mol. The van der Waals surface area contributed by atoms with Gasteiger partial charge in [-0.25, -0.2) is 4.79 Å². The lowest BCUT2D eigenvalue weighted by Gasteiger charge is -2.24. The van der Waals surface area contributed by atoms with Crippen LogP contribution in [-0.2, 0) is 29.0 Å². The zero-order chi connectivity index (χ0) is 20.9. The number of ether oxygens (including phenoxy) is 3. The van der Waals surface area contributed by atoms with Crippen molar-refractivity contribution >= 4 is 17.3 Å². The molecule has 0 amide bonds. The Morgan fingerprint density at radius 2 is 2.20 bits per heavy atom. The number of hydrogen-bond donors (Lipinski definition) is 0. The fraction of sp³-hybridized carbons (Fsp3) is 0.545. The molecule has 1 fully saturated rings. The third kappa shape index (κ3) is 4.77. The van der Waals surface area contributed by atoms with Gasteiger partial charge in [-0.2, -0.15) is 11.3 Å². The highest BCUT2D eigenvalue weighted by Gasteiger charge is 2.27. The van der Waals surface area contributed by atoms with Gasteiger partial charge in [0.15, 0.2) is 0 Å². The summed E-state index contributed by atoms with van der Waals surface area (Å²) in [6, 6.07) is 3.54. The Balaban J connectivity index is 1.58. The number of methoxy groups -OCH3 is 1. The number of fused-ring (bicyclic) bond motifs is 1. The minimum absolute atomic E-state index is 0.00749. The molecule has 0 radical (unpaired) electrons. The summed E-state index contributed by atoms with van der Waals surface area (Å²) >= 11 is 1.68. The van der Waals surface area contributed by atoms with Crippen molar-refractivity contribution in [3.05, 3.63) is 50.1 Å². The Bertz CT molecular complexity index is 918. The van der Waals surface area contributed by atoms with E-state index in [2.05, 4.69) is 21.7 Å². The number of rotatable bonds is 6. The first-order valence-corrected chi connectivity index (χ1v) is 11.4. The standard InChI is InChI=1S/C22H28N2O5S/c1-27-22(26)21-18-5-7-23(13-16-6-11-30-15-16)8-9-24(18)20(25)12-19(21)29-14-17-4-2-3-10-28-17/h6,11-12,15,17H,2-5,7-10,13-14H2,1H3. The third-order valence-electron chi connectivity index (χ3n) is 5.76. The molecule has 1 saturated heterocycles. The molecule has 2 aromatic heterocycles. The molecule has 0 N–H and O–H groups in total. The van der Waals surface area contributed by atoms with Crippen LogP contribution in [0.5, 0.6) is 5.75 Å². The molecule has 162 valence electrons. The minimum Gasteiger partial charge on any atom is -0.490 e. The van der Waals surface area contributed by atoms with Crippen LogP contribution in [0.2, 0.25) is 0 Å². The van der Waals surface area contributed by atoms with Gasteiger partial charge in [0.2, 0.25) is 0 Å². The molecule has 0 saturated carbocycles. The van der Waals surface area contributed by atoms with Gasteiger partial charge in [0, 0.05) is 51.0 Å². The van der Waals surface area contributed by atoms with E-state index >= 15 is 0 Å². The van der Waals surface area contributed by atoms with Crippen molar-refractivity contribution in [3.63, 3.8) is 0 Å². The van der Waals surface area contributed by atoms with Crippen molar-refractivity contribution < 1.29 is 19.0 Å². The molecule has 4 heterocycles. The molecule has 0 bridgehead atoms. The number of carbonyl (C=O) groups excluding carboxylic acids is 1. The molecule has 0 aromatic carbocycles. The molecule has 7 nitrogen and oxygen atoms in total. The van der Waals surface area contributed by atoms with Crippen LogP contribution >= 0.6 is 11.3 Å². The van der Waals surface area contributed by atoms with Gasteiger partial charge in [-0.3, -0.25) is 9.69 Å². The normalized spacial score (nSPS) is 19.7. The molecule has 4 rings (SSSR count). The molecule has 0 spiro atoms. The Morgan fingerprint density at radius 1 is 1.30 bits per heavy atom. The zero-order valence-electron chi connectivity index (χ0n) is 17.3. The number of nitrogens with zero attached hydrogens (tertiary/aromatic N) is 2. The summed E-state index contributed by atoms with van der Waals surface area (Å²) < 4.78 is 18.4. The van der Waals surface area contributed by atoms with Crippen molar-refractivity contribution in [2.45, 2.75) is 44.9 Å².